The van der Waals surface area contributed by atoms with Crippen LogP contribution in [0, 0.1) is 13.8 Å². The number of carbonyl (C=O) groups excluding carboxylic acids is 1. The molecule has 0 fully saturated rings. The average molecular weight is 462 g/mol. The number of aromatic nitrogens is 1. The molecular formula is C22H27N3O4S2. The van der Waals surface area contributed by atoms with Crippen molar-refractivity contribution in [2.75, 3.05) is 15.9 Å². The Morgan fingerprint density at radius 3 is 2.32 bits per heavy atom. The van der Waals surface area contributed by atoms with Gasteiger partial charge in [0.05, 0.1) is 22.2 Å². The van der Waals surface area contributed by atoms with Crippen LogP contribution in [0.1, 0.15) is 31.4 Å². The molecule has 1 atom stereocenters. The van der Waals surface area contributed by atoms with Crippen molar-refractivity contribution in [1.29, 1.82) is 0 Å². The maximum atomic E-state index is 13.2. The predicted octanol–water partition coefficient (Wildman–Crippen LogP) is 3.88. The number of sulfonamides is 1. The number of benzene rings is 2. The van der Waals surface area contributed by atoms with Crippen molar-refractivity contribution >= 4 is 48.9 Å². The molecule has 7 nitrogen and oxygen atoms in total. The van der Waals surface area contributed by atoms with Crippen molar-refractivity contribution in [3.8, 4) is 0 Å². The number of fused-ring (bicyclic) bond motifs is 1. The summed E-state index contributed by atoms with van der Waals surface area (Å²) < 4.78 is 29.0. The van der Waals surface area contributed by atoms with Crippen LogP contribution in [0.2, 0.25) is 0 Å². The van der Waals surface area contributed by atoms with Gasteiger partial charge >= 0.3 is 4.87 Å². The van der Waals surface area contributed by atoms with Crippen molar-refractivity contribution in [2.45, 2.75) is 46.7 Å². The molecule has 0 bridgehead atoms. The predicted molar refractivity (Wildman–Crippen MR) is 128 cm³/mol. The van der Waals surface area contributed by atoms with Crippen LogP contribution in [0.15, 0.2) is 41.2 Å². The summed E-state index contributed by atoms with van der Waals surface area (Å²) in [6.07, 6.45) is 1.41. The number of hydrogen-bond donors (Lipinski definition) is 1. The van der Waals surface area contributed by atoms with Crippen LogP contribution in [-0.2, 0) is 21.4 Å². The van der Waals surface area contributed by atoms with E-state index in [1.54, 1.807) is 41.8 Å². The number of nitrogens with one attached hydrogen (secondary N) is 1. The van der Waals surface area contributed by atoms with E-state index in [2.05, 4.69) is 5.32 Å². The van der Waals surface area contributed by atoms with E-state index in [1.807, 2.05) is 26.8 Å². The molecule has 31 heavy (non-hydrogen) atoms. The lowest BCUT2D eigenvalue weighted by Crippen LogP contribution is -2.47. The van der Waals surface area contributed by atoms with Gasteiger partial charge in [0.25, 0.3) is 0 Å². The topological polar surface area (TPSA) is 88.5 Å². The van der Waals surface area contributed by atoms with Crippen molar-refractivity contribution in [1.82, 2.24) is 4.57 Å². The summed E-state index contributed by atoms with van der Waals surface area (Å²) in [6.45, 7) is 8.03. The summed E-state index contributed by atoms with van der Waals surface area (Å²) in [6, 6.07) is 9.85. The highest BCUT2D eigenvalue weighted by molar-refractivity contribution is 7.92. The van der Waals surface area contributed by atoms with Crippen molar-refractivity contribution in [2.24, 2.45) is 0 Å². The van der Waals surface area contributed by atoms with Crippen molar-refractivity contribution in [3.05, 3.63) is 57.2 Å². The minimum absolute atomic E-state index is 0.0505. The molecule has 1 heterocycles. The quantitative estimate of drug-likeness (QED) is 0.578. The monoisotopic (exact) mass is 461 g/mol. The van der Waals surface area contributed by atoms with Crippen molar-refractivity contribution in [3.63, 3.8) is 0 Å². The molecule has 0 aliphatic carbocycles. The molecule has 166 valence electrons. The third-order valence-electron chi connectivity index (χ3n) is 5.04. The van der Waals surface area contributed by atoms with E-state index in [0.29, 0.717) is 24.3 Å². The summed E-state index contributed by atoms with van der Waals surface area (Å²) in [5.74, 6) is -0.422. The van der Waals surface area contributed by atoms with Gasteiger partial charge in [-0.05, 0) is 68.7 Å². The number of rotatable bonds is 7. The standard InChI is InChI=1S/C22H27N3O4S2/c1-6-18(25(31(5,28)29)17-11-14(3)10-15(4)12-17)21(26)23-16-8-9-19-20(13-16)30-22(27)24(19)7-2/h8-13,18H,6-7H2,1-5H3,(H,23,26). The van der Waals surface area contributed by atoms with Gasteiger partial charge < -0.3 is 5.32 Å². The van der Waals surface area contributed by atoms with Crippen LogP contribution in [0.5, 0.6) is 0 Å². The first-order chi connectivity index (χ1) is 14.5. The van der Waals surface area contributed by atoms with E-state index in [1.165, 1.54) is 4.31 Å². The van der Waals surface area contributed by atoms with E-state index in [9.17, 15) is 18.0 Å². The molecule has 1 unspecified atom stereocenters. The normalized spacial score (nSPS) is 12.7. The lowest BCUT2D eigenvalue weighted by molar-refractivity contribution is -0.117. The SMILES string of the molecule is CCC(C(=O)Nc1ccc2c(c1)sc(=O)n2CC)N(c1cc(C)cc(C)c1)S(C)(=O)=O. The molecule has 0 spiro atoms. The molecule has 0 saturated carbocycles. The maximum Gasteiger partial charge on any atom is 0.308 e. The Balaban J connectivity index is 1.97. The van der Waals surface area contributed by atoms with E-state index in [0.717, 1.165) is 38.9 Å². The first kappa shape index (κ1) is 23.0. The van der Waals surface area contributed by atoms with Gasteiger partial charge in [0.1, 0.15) is 6.04 Å². The molecule has 0 saturated heterocycles. The molecule has 2 aromatic carbocycles. The Hall–Kier alpha value is -2.65. The minimum Gasteiger partial charge on any atom is -0.324 e. The number of hydrogen-bond acceptors (Lipinski definition) is 5. The zero-order valence-corrected chi connectivity index (χ0v) is 19.9. The largest absolute Gasteiger partial charge is 0.324 e. The summed E-state index contributed by atoms with van der Waals surface area (Å²) >= 11 is 1.12. The summed E-state index contributed by atoms with van der Waals surface area (Å²) in [5, 5.41) is 2.83. The Morgan fingerprint density at radius 2 is 1.77 bits per heavy atom. The molecule has 9 heteroatoms. The Labute approximate surface area is 186 Å². The highest BCUT2D eigenvalue weighted by atomic mass is 32.2. The number of anilines is 2. The second-order valence-electron chi connectivity index (χ2n) is 7.61. The molecule has 0 aliphatic rings. The van der Waals surface area contributed by atoms with E-state index in [-0.39, 0.29) is 4.87 Å². The van der Waals surface area contributed by atoms with Crippen LogP contribution >= 0.6 is 11.3 Å². The summed E-state index contributed by atoms with van der Waals surface area (Å²) in [4.78, 5) is 25.2. The summed E-state index contributed by atoms with van der Waals surface area (Å²) in [5.41, 5.74) is 3.64. The average Bonchev–Trinajstić information content (AvgIpc) is 2.97. The number of aryl methyl sites for hydroxylation is 3. The van der Waals surface area contributed by atoms with Gasteiger partial charge in [-0.1, -0.05) is 24.3 Å². The second kappa shape index (κ2) is 8.84. The van der Waals surface area contributed by atoms with E-state index in [4.69, 9.17) is 0 Å². The number of nitrogens with zero attached hydrogens (tertiary/aromatic N) is 2. The van der Waals surface area contributed by atoms with Gasteiger partial charge in [-0.25, -0.2) is 8.42 Å². The summed E-state index contributed by atoms with van der Waals surface area (Å²) in [7, 11) is -3.71. The van der Waals surface area contributed by atoms with Crippen LogP contribution < -0.4 is 14.5 Å². The van der Waals surface area contributed by atoms with Gasteiger partial charge in [0.15, 0.2) is 0 Å². The zero-order chi connectivity index (χ0) is 22.9. The minimum atomic E-state index is -3.71. The molecular weight excluding hydrogens is 434 g/mol. The highest BCUT2D eigenvalue weighted by Crippen LogP contribution is 2.27. The van der Waals surface area contributed by atoms with Crippen LogP contribution in [0.3, 0.4) is 0 Å². The number of carbonyl (C=O) groups is 1. The molecule has 0 radical (unpaired) electrons. The maximum absolute atomic E-state index is 13.2. The van der Waals surface area contributed by atoms with Gasteiger partial charge in [-0.15, -0.1) is 0 Å². The fourth-order valence-corrected chi connectivity index (χ4v) is 6.00. The van der Waals surface area contributed by atoms with Gasteiger partial charge in [-0.3, -0.25) is 18.5 Å². The Morgan fingerprint density at radius 1 is 1.13 bits per heavy atom. The van der Waals surface area contributed by atoms with Crippen LogP contribution in [-0.4, -0.2) is 31.2 Å². The molecule has 1 amide bonds. The lowest BCUT2D eigenvalue weighted by atomic mass is 10.1. The molecule has 1 N–H and O–H groups in total. The van der Waals surface area contributed by atoms with Crippen LogP contribution in [0.4, 0.5) is 11.4 Å². The van der Waals surface area contributed by atoms with E-state index >= 15 is 0 Å². The first-order valence-corrected chi connectivity index (χ1v) is 12.7. The van der Waals surface area contributed by atoms with Crippen molar-refractivity contribution < 1.29 is 13.2 Å². The second-order valence-corrected chi connectivity index (χ2v) is 10.5. The smallest absolute Gasteiger partial charge is 0.308 e. The molecule has 3 rings (SSSR count). The van der Waals surface area contributed by atoms with Gasteiger partial charge in [-0.2, -0.15) is 0 Å². The number of amides is 1. The Bertz CT molecular complexity index is 1270. The molecule has 3 aromatic rings. The Kier molecular flexibility index (Phi) is 6.56. The highest BCUT2D eigenvalue weighted by Gasteiger charge is 2.32. The van der Waals surface area contributed by atoms with Crippen LogP contribution in [0.25, 0.3) is 10.2 Å². The van der Waals surface area contributed by atoms with Gasteiger partial charge in [0, 0.05) is 12.2 Å². The lowest BCUT2D eigenvalue weighted by Gasteiger charge is -2.30. The fourth-order valence-electron chi connectivity index (χ4n) is 3.81. The van der Waals surface area contributed by atoms with E-state index < -0.39 is 22.0 Å². The first-order valence-electron chi connectivity index (χ1n) is 10.1. The third kappa shape index (κ3) is 4.83. The molecule has 0 aliphatic heterocycles. The fraction of sp³-hybridized carbons (Fsp3) is 0.364. The number of thiazole rings is 1. The third-order valence-corrected chi connectivity index (χ3v) is 7.16. The zero-order valence-electron chi connectivity index (χ0n) is 18.3. The molecule has 1 aromatic heterocycles. The van der Waals surface area contributed by atoms with Gasteiger partial charge in [0.2, 0.25) is 15.9 Å².